The van der Waals surface area contributed by atoms with Crippen LogP contribution in [-0.2, 0) is 17.1 Å². The number of aryl methyl sites for hydroxylation is 1. The Morgan fingerprint density at radius 2 is 2.00 bits per heavy atom. The Bertz CT molecular complexity index is 1460. The van der Waals surface area contributed by atoms with Gasteiger partial charge in [-0.1, -0.05) is 0 Å². The fraction of sp³-hybridized carbons (Fsp3) is 0.0526. The number of nitrogens with one attached hydrogen (secondary N) is 2. The third kappa shape index (κ3) is 3.22. The van der Waals surface area contributed by atoms with Gasteiger partial charge in [-0.05, 0) is 36.4 Å². The van der Waals surface area contributed by atoms with E-state index in [9.17, 15) is 17.6 Å². The minimum atomic E-state index is -3.92. The molecule has 2 aromatic heterocycles. The average molecular weight is 439 g/mol. The largest absolute Gasteiger partial charge is 0.321 e. The minimum Gasteiger partial charge on any atom is -0.321 e. The van der Waals surface area contributed by atoms with Crippen molar-refractivity contribution in [2.24, 2.45) is 7.05 Å². The summed E-state index contributed by atoms with van der Waals surface area (Å²) in [6.07, 6.45) is 4.47. The molecule has 0 saturated heterocycles. The lowest BCUT2D eigenvalue weighted by Gasteiger charge is -2.19. The third-order valence-electron chi connectivity index (χ3n) is 4.76. The molecule has 2 aromatic carbocycles. The molecule has 10 nitrogen and oxygen atoms in total. The molecule has 0 aliphatic carbocycles. The van der Waals surface area contributed by atoms with E-state index >= 15 is 0 Å². The number of hydrogen-bond acceptors (Lipinski definition) is 6. The molecule has 0 bridgehead atoms. The van der Waals surface area contributed by atoms with Crippen LogP contribution in [0, 0.1) is 5.82 Å². The van der Waals surface area contributed by atoms with Gasteiger partial charge in [0.05, 0.1) is 11.9 Å². The van der Waals surface area contributed by atoms with Gasteiger partial charge in [-0.25, -0.2) is 17.5 Å². The molecule has 2 N–H and O–H groups in total. The number of nitrogens with zero attached hydrogens (tertiary/aromatic N) is 5. The molecule has 0 radical (unpaired) electrons. The van der Waals surface area contributed by atoms with Gasteiger partial charge in [0.25, 0.3) is 15.9 Å². The molecule has 5 rings (SSSR count). The summed E-state index contributed by atoms with van der Waals surface area (Å²) >= 11 is 0. The van der Waals surface area contributed by atoms with Crippen LogP contribution in [0.5, 0.6) is 0 Å². The third-order valence-corrected chi connectivity index (χ3v) is 6.12. The predicted molar refractivity (Wildman–Crippen MR) is 109 cm³/mol. The van der Waals surface area contributed by atoms with Gasteiger partial charge in [0.2, 0.25) is 5.95 Å². The maximum Gasteiger partial charge on any atom is 0.266 e. The fourth-order valence-electron chi connectivity index (χ4n) is 3.33. The number of hydrogen-bond donors (Lipinski definition) is 2. The molecule has 0 fully saturated rings. The van der Waals surface area contributed by atoms with E-state index in [0.717, 1.165) is 0 Å². The topological polar surface area (TPSA) is 124 Å². The second kappa shape index (κ2) is 6.74. The maximum atomic E-state index is 13.8. The molecule has 0 atom stereocenters. The zero-order valence-corrected chi connectivity index (χ0v) is 16.8. The van der Waals surface area contributed by atoms with Crippen molar-refractivity contribution in [3.05, 3.63) is 66.5 Å². The maximum absolute atomic E-state index is 13.8. The molecule has 156 valence electrons. The first-order valence-corrected chi connectivity index (χ1v) is 10.5. The Morgan fingerprint density at radius 3 is 2.77 bits per heavy atom. The van der Waals surface area contributed by atoms with E-state index in [1.54, 1.807) is 24.1 Å². The average Bonchev–Trinajstić information content (AvgIpc) is 3.37. The first-order chi connectivity index (χ1) is 14.8. The van der Waals surface area contributed by atoms with E-state index in [0.29, 0.717) is 16.8 Å². The van der Waals surface area contributed by atoms with Crippen LogP contribution in [0.2, 0.25) is 0 Å². The molecule has 0 saturated carbocycles. The molecular formula is C19H14FN7O3S. The van der Waals surface area contributed by atoms with Crippen molar-refractivity contribution < 1.29 is 17.6 Å². The number of carbonyl (C=O) groups is 1. The Morgan fingerprint density at radius 1 is 1.16 bits per heavy atom. The lowest BCUT2D eigenvalue weighted by molar-refractivity contribution is 0.102. The number of anilines is 2. The van der Waals surface area contributed by atoms with Gasteiger partial charge in [-0.15, -0.1) is 0 Å². The summed E-state index contributed by atoms with van der Waals surface area (Å²) in [7, 11) is -2.20. The monoisotopic (exact) mass is 439 g/mol. The highest BCUT2D eigenvalue weighted by Gasteiger charge is 2.30. The lowest BCUT2D eigenvalue weighted by Crippen LogP contribution is -2.24. The SMILES string of the molecule is Cn1cc(-c2cc(F)ccc2NC(=O)c2ccc3c(c2)S(=O)(=O)Nc2ncnn2-3)cn1. The second-order valence-electron chi connectivity index (χ2n) is 6.83. The van der Waals surface area contributed by atoms with Crippen molar-refractivity contribution in [2.75, 3.05) is 10.0 Å². The zero-order chi connectivity index (χ0) is 21.8. The number of amides is 1. The quantitative estimate of drug-likeness (QED) is 0.504. The van der Waals surface area contributed by atoms with Gasteiger partial charge in [-0.3, -0.25) is 9.48 Å². The Balaban J connectivity index is 1.52. The summed E-state index contributed by atoms with van der Waals surface area (Å²) in [5.41, 5.74) is 1.81. The number of aromatic nitrogens is 5. The number of carbonyl (C=O) groups excluding carboxylic acids is 1. The standard InChI is InChI=1S/C19H14FN7O3S/c1-26-9-12(8-22-26)14-7-13(20)3-4-15(14)24-18(28)11-2-5-16-17(6-11)31(29,30)25-19-21-10-23-27(16)19/h2-10H,1H3,(H,24,28)(H,21,23,25). The first kappa shape index (κ1) is 18.9. The molecule has 31 heavy (non-hydrogen) atoms. The predicted octanol–water partition coefficient (Wildman–Crippen LogP) is 2.17. The van der Waals surface area contributed by atoms with Crippen LogP contribution in [0.4, 0.5) is 16.0 Å². The van der Waals surface area contributed by atoms with Gasteiger partial charge < -0.3 is 5.32 Å². The molecule has 4 aromatic rings. The van der Waals surface area contributed by atoms with Gasteiger partial charge in [-0.2, -0.15) is 19.9 Å². The number of sulfonamides is 1. The summed E-state index contributed by atoms with van der Waals surface area (Å²) in [5, 5.41) is 10.8. The van der Waals surface area contributed by atoms with Gasteiger partial charge in [0, 0.05) is 35.6 Å². The van der Waals surface area contributed by atoms with E-state index < -0.39 is 21.7 Å². The fourth-order valence-corrected chi connectivity index (χ4v) is 4.53. The Hall–Kier alpha value is -4.06. The van der Waals surface area contributed by atoms with Crippen LogP contribution in [0.25, 0.3) is 16.8 Å². The van der Waals surface area contributed by atoms with E-state index in [1.807, 2.05) is 0 Å². The van der Waals surface area contributed by atoms with E-state index in [4.69, 9.17) is 0 Å². The van der Waals surface area contributed by atoms with Crippen LogP contribution in [0.3, 0.4) is 0 Å². The van der Waals surface area contributed by atoms with Crippen molar-refractivity contribution in [1.29, 1.82) is 0 Å². The van der Waals surface area contributed by atoms with Crippen LogP contribution >= 0.6 is 0 Å². The van der Waals surface area contributed by atoms with Crippen molar-refractivity contribution in [2.45, 2.75) is 4.90 Å². The highest BCUT2D eigenvalue weighted by atomic mass is 32.2. The van der Waals surface area contributed by atoms with Gasteiger partial charge >= 0.3 is 0 Å². The summed E-state index contributed by atoms with van der Waals surface area (Å²) in [6.45, 7) is 0. The van der Waals surface area contributed by atoms with Crippen molar-refractivity contribution in [3.63, 3.8) is 0 Å². The minimum absolute atomic E-state index is 0.0668. The number of halogens is 1. The normalized spacial score (nSPS) is 13.7. The molecule has 0 unspecified atom stereocenters. The summed E-state index contributed by atoms with van der Waals surface area (Å²) < 4.78 is 44.2. The Labute approximate surface area is 175 Å². The van der Waals surface area contributed by atoms with Crippen LogP contribution in [0.1, 0.15) is 10.4 Å². The smallest absolute Gasteiger partial charge is 0.266 e. The van der Waals surface area contributed by atoms with E-state index in [1.165, 1.54) is 47.4 Å². The van der Waals surface area contributed by atoms with Crippen LogP contribution < -0.4 is 10.0 Å². The van der Waals surface area contributed by atoms with Crippen LogP contribution in [0.15, 0.2) is 60.0 Å². The number of fused-ring (bicyclic) bond motifs is 3. The molecule has 0 spiro atoms. The molecule has 3 heterocycles. The highest BCUT2D eigenvalue weighted by Crippen LogP contribution is 2.31. The summed E-state index contributed by atoms with van der Waals surface area (Å²) in [4.78, 5) is 16.7. The summed E-state index contributed by atoms with van der Waals surface area (Å²) in [5.74, 6) is -0.956. The molecule has 12 heteroatoms. The molecular weight excluding hydrogens is 425 g/mol. The number of rotatable bonds is 3. The molecule has 1 aliphatic heterocycles. The van der Waals surface area contributed by atoms with E-state index in [2.05, 4.69) is 25.2 Å². The van der Waals surface area contributed by atoms with E-state index in [-0.39, 0.29) is 22.1 Å². The number of benzene rings is 2. The zero-order valence-electron chi connectivity index (χ0n) is 15.9. The van der Waals surface area contributed by atoms with Crippen LogP contribution in [-0.4, -0.2) is 38.9 Å². The van der Waals surface area contributed by atoms with Gasteiger partial charge in [0.15, 0.2) is 0 Å². The molecule has 1 amide bonds. The first-order valence-electron chi connectivity index (χ1n) is 8.99. The highest BCUT2D eigenvalue weighted by molar-refractivity contribution is 7.93. The second-order valence-corrected chi connectivity index (χ2v) is 8.48. The molecule has 1 aliphatic rings. The van der Waals surface area contributed by atoms with Crippen molar-refractivity contribution in [3.8, 4) is 16.8 Å². The lowest BCUT2D eigenvalue weighted by atomic mass is 10.1. The van der Waals surface area contributed by atoms with Crippen molar-refractivity contribution >= 4 is 27.6 Å². The summed E-state index contributed by atoms with van der Waals surface area (Å²) in [6, 6.07) is 8.17. The van der Waals surface area contributed by atoms with Crippen molar-refractivity contribution in [1.82, 2.24) is 24.5 Å². The van der Waals surface area contributed by atoms with Gasteiger partial charge in [0.1, 0.15) is 17.0 Å². The Kier molecular flexibility index (Phi) is 4.12.